The molecule has 0 saturated carbocycles. The molecule has 0 spiro atoms. The van der Waals surface area contributed by atoms with Gasteiger partial charge in [-0.1, -0.05) is 35.9 Å². The topological polar surface area (TPSA) is 27.0 Å². The fourth-order valence-electron chi connectivity index (χ4n) is 3.40. The van der Waals surface area contributed by atoms with Gasteiger partial charge in [-0.3, -0.25) is 4.90 Å². The first kappa shape index (κ1) is 11.5. The lowest BCUT2D eigenvalue weighted by Gasteiger charge is -2.36. The van der Waals surface area contributed by atoms with Gasteiger partial charge in [0.1, 0.15) is 0 Å². The highest BCUT2D eigenvalue weighted by molar-refractivity contribution is 5.22. The van der Waals surface area contributed by atoms with Crippen LogP contribution in [-0.4, -0.2) is 17.0 Å². The van der Waals surface area contributed by atoms with Crippen LogP contribution < -0.4 is 0 Å². The first-order valence-electron chi connectivity index (χ1n) is 6.74. The molecule has 0 aliphatic carbocycles. The van der Waals surface area contributed by atoms with E-state index in [1.54, 1.807) is 6.08 Å². The molecule has 2 fully saturated rings. The summed E-state index contributed by atoms with van der Waals surface area (Å²) in [6.45, 7) is 1.07. The summed E-state index contributed by atoms with van der Waals surface area (Å²) in [5.41, 5.74) is 2.76. The molecule has 2 aliphatic rings. The molecular weight excluding hydrogens is 220 g/mol. The molecule has 2 saturated heterocycles. The van der Waals surface area contributed by atoms with Crippen LogP contribution in [0.25, 0.3) is 0 Å². The Morgan fingerprint density at radius 3 is 2.44 bits per heavy atom. The van der Waals surface area contributed by atoms with Gasteiger partial charge >= 0.3 is 0 Å². The van der Waals surface area contributed by atoms with Crippen molar-refractivity contribution in [2.45, 2.75) is 44.3 Å². The Bertz CT molecular complexity index is 468. The molecule has 92 valence electrons. The van der Waals surface area contributed by atoms with Crippen LogP contribution in [0.1, 0.15) is 31.2 Å². The number of fused-ring (bicyclic) bond motifs is 2. The Hall–Kier alpha value is -1.59. The number of rotatable bonds is 2. The van der Waals surface area contributed by atoms with Gasteiger partial charge in [-0.15, -0.1) is 0 Å². The van der Waals surface area contributed by atoms with Gasteiger partial charge in [0.2, 0.25) is 0 Å². The van der Waals surface area contributed by atoms with E-state index in [4.69, 9.17) is 5.26 Å². The number of hydrogen-bond acceptors (Lipinski definition) is 2. The third-order valence-electron chi connectivity index (χ3n) is 4.24. The molecular formula is C16H18N2. The number of piperidine rings is 1. The molecule has 0 N–H and O–H groups in total. The van der Waals surface area contributed by atoms with Gasteiger partial charge in [-0.2, -0.15) is 5.26 Å². The van der Waals surface area contributed by atoms with Crippen LogP contribution in [0.5, 0.6) is 0 Å². The SMILES string of the molecule is N#CC=C1CC2CCC(C1)N2Cc1ccccc1. The normalized spacial score (nSPS) is 26.9. The van der Waals surface area contributed by atoms with Crippen molar-refractivity contribution in [2.24, 2.45) is 0 Å². The molecule has 1 aromatic carbocycles. The molecule has 2 nitrogen and oxygen atoms in total. The quantitative estimate of drug-likeness (QED) is 0.739. The van der Waals surface area contributed by atoms with E-state index in [9.17, 15) is 0 Å². The van der Waals surface area contributed by atoms with Crippen LogP contribution in [0.4, 0.5) is 0 Å². The minimum Gasteiger partial charge on any atom is -0.293 e. The zero-order chi connectivity index (χ0) is 12.4. The maximum Gasteiger partial charge on any atom is 0.0911 e. The van der Waals surface area contributed by atoms with Crippen molar-refractivity contribution in [3.05, 3.63) is 47.5 Å². The number of nitriles is 1. The van der Waals surface area contributed by atoms with Crippen molar-refractivity contribution in [2.75, 3.05) is 0 Å². The molecule has 2 bridgehead atoms. The van der Waals surface area contributed by atoms with E-state index in [1.165, 1.54) is 24.0 Å². The summed E-state index contributed by atoms with van der Waals surface area (Å²) in [4.78, 5) is 2.64. The molecule has 0 amide bonds. The second-order valence-electron chi connectivity index (χ2n) is 5.38. The van der Waals surface area contributed by atoms with Crippen LogP contribution in [0, 0.1) is 11.3 Å². The van der Waals surface area contributed by atoms with Gasteiger partial charge in [0, 0.05) is 24.7 Å². The van der Waals surface area contributed by atoms with E-state index in [1.807, 2.05) is 0 Å². The fraction of sp³-hybridized carbons (Fsp3) is 0.438. The summed E-state index contributed by atoms with van der Waals surface area (Å²) in [6.07, 6.45) is 6.54. The van der Waals surface area contributed by atoms with E-state index >= 15 is 0 Å². The second kappa shape index (κ2) is 4.96. The second-order valence-corrected chi connectivity index (χ2v) is 5.38. The molecule has 3 rings (SSSR count). The zero-order valence-electron chi connectivity index (χ0n) is 10.5. The van der Waals surface area contributed by atoms with Crippen molar-refractivity contribution >= 4 is 0 Å². The standard InChI is InChI=1S/C16H18N2/c17-9-8-14-10-15-6-7-16(11-14)18(15)12-13-4-2-1-3-5-13/h1-5,8,15-16H,6-7,10-12H2. The molecule has 0 aromatic heterocycles. The highest BCUT2D eigenvalue weighted by Crippen LogP contribution is 2.39. The van der Waals surface area contributed by atoms with Crippen LogP contribution in [-0.2, 0) is 6.54 Å². The molecule has 2 aliphatic heterocycles. The summed E-state index contributed by atoms with van der Waals surface area (Å²) >= 11 is 0. The predicted octanol–water partition coefficient (Wildman–Crippen LogP) is 3.26. The average molecular weight is 238 g/mol. The first-order valence-corrected chi connectivity index (χ1v) is 6.74. The predicted molar refractivity (Wildman–Crippen MR) is 71.7 cm³/mol. The molecule has 0 radical (unpaired) electrons. The molecule has 18 heavy (non-hydrogen) atoms. The third-order valence-corrected chi connectivity index (χ3v) is 4.24. The lowest BCUT2D eigenvalue weighted by atomic mass is 9.96. The van der Waals surface area contributed by atoms with Gasteiger partial charge in [-0.05, 0) is 31.2 Å². The molecule has 2 heteroatoms. The number of benzene rings is 1. The first-order chi connectivity index (χ1) is 8.86. The van der Waals surface area contributed by atoms with E-state index in [0.29, 0.717) is 12.1 Å². The molecule has 1 aromatic rings. The fourth-order valence-corrected chi connectivity index (χ4v) is 3.40. The van der Waals surface area contributed by atoms with Crippen LogP contribution in [0.2, 0.25) is 0 Å². The van der Waals surface area contributed by atoms with E-state index in [2.05, 4.69) is 41.3 Å². The van der Waals surface area contributed by atoms with Crippen molar-refractivity contribution in [1.82, 2.24) is 4.90 Å². The summed E-state index contributed by atoms with van der Waals surface area (Å²) in [5, 5.41) is 8.77. The largest absolute Gasteiger partial charge is 0.293 e. The molecule has 2 atom stereocenters. The van der Waals surface area contributed by atoms with Crippen LogP contribution >= 0.6 is 0 Å². The molecule has 2 heterocycles. The Labute approximate surface area is 109 Å². The maximum atomic E-state index is 8.77. The minimum atomic E-state index is 0.656. The van der Waals surface area contributed by atoms with Crippen molar-refractivity contribution in [3.8, 4) is 6.07 Å². The Balaban J connectivity index is 1.73. The van der Waals surface area contributed by atoms with Crippen LogP contribution in [0.3, 0.4) is 0 Å². The van der Waals surface area contributed by atoms with E-state index < -0.39 is 0 Å². The van der Waals surface area contributed by atoms with Gasteiger partial charge < -0.3 is 0 Å². The summed E-state index contributed by atoms with van der Waals surface area (Å²) in [5.74, 6) is 0. The van der Waals surface area contributed by atoms with E-state index in [0.717, 1.165) is 19.4 Å². The summed E-state index contributed by atoms with van der Waals surface area (Å²) in [6, 6.07) is 14.2. The Morgan fingerprint density at radius 1 is 1.17 bits per heavy atom. The van der Waals surface area contributed by atoms with Crippen LogP contribution in [0.15, 0.2) is 42.0 Å². The summed E-state index contributed by atoms with van der Waals surface area (Å²) < 4.78 is 0. The lowest BCUT2D eigenvalue weighted by molar-refractivity contribution is 0.157. The van der Waals surface area contributed by atoms with E-state index in [-0.39, 0.29) is 0 Å². The number of allylic oxidation sites excluding steroid dienone is 1. The Kier molecular flexibility index (Phi) is 3.17. The number of nitrogens with zero attached hydrogens (tertiary/aromatic N) is 2. The van der Waals surface area contributed by atoms with Gasteiger partial charge in [0.25, 0.3) is 0 Å². The number of hydrogen-bond donors (Lipinski definition) is 0. The maximum absolute atomic E-state index is 8.77. The minimum absolute atomic E-state index is 0.656. The van der Waals surface area contributed by atoms with Gasteiger partial charge in [0.15, 0.2) is 0 Å². The van der Waals surface area contributed by atoms with Crippen molar-refractivity contribution in [1.29, 1.82) is 5.26 Å². The highest BCUT2D eigenvalue weighted by Gasteiger charge is 2.38. The van der Waals surface area contributed by atoms with Gasteiger partial charge in [-0.25, -0.2) is 0 Å². The van der Waals surface area contributed by atoms with Crippen molar-refractivity contribution in [3.63, 3.8) is 0 Å². The zero-order valence-corrected chi connectivity index (χ0v) is 10.5. The summed E-state index contributed by atoms with van der Waals surface area (Å²) in [7, 11) is 0. The van der Waals surface area contributed by atoms with Crippen molar-refractivity contribution < 1.29 is 0 Å². The lowest BCUT2D eigenvalue weighted by Crippen LogP contribution is -2.39. The molecule has 2 unspecified atom stereocenters. The average Bonchev–Trinajstić information content (AvgIpc) is 2.63. The smallest absolute Gasteiger partial charge is 0.0911 e. The third kappa shape index (κ3) is 2.19. The monoisotopic (exact) mass is 238 g/mol. The van der Waals surface area contributed by atoms with Gasteiger partial charge in [0.05, 0.1) is 6.07 Å². The highest BCUT2D eigenvalue weighted by atomic mass is 15.2. The Morgan fingerprint density at radius 2 is 1.83 bits per heavy atom.